The first kappa shape index (κ1) is 20.5. The molecule has 0 saturated heterocycles. The standard InChI is InChI=1S/C19H13ClN6O4S2/c20-10-1-4-15-21-12(6-16(27)26(15)7-10)8-31-19-25-24-18(32-19)23-17(28)22-11-2-3-13-14(5-11)30-9-29-13/h1-7H,8-9H2,(H2,22,23,24,28). The zero-order chi connectivity index (χ0) is 22.1. The lowest BCUT2D eigenvalue weighted by Crippen LogP contribution is -2.19. The number of carbonyl (C=O) groups is 1. The number of carbonyl (C=O) groups excluding carboxylic acids is 1. The Balaban J connectivity index is 1.20. The van der Waals surface area contributed by atoms with Crippen LogP contribution >= 0.6 is 34.7 Å². The maximum absolute atomic E-state index is 12.3. The van der Waals surface area contributed by atoms with Gasteiger partial charge < -0.3 is 14.8 Å². The molecule has 10 nitrogen and oxygen atoms in total. The molecule has 2 N–H and O–H groups in total. The number of pyridine rings is 1. The van der Waals surface area contributed by atoms with Gasteiger partial charge in [0.05, 0.1) is 10.7 Å². The van der Waals surface area contributed by atoms with Gasteiger partial charge in [0.1, 0.15) is 5.65 Å². The van der Waals surface area contributed by atoms with Gasteiger partial charge in [-0.25, -0.2) is 9.78 Å². The van der Waals surface area contributed by atoms with Crippen molar-refractivity contribution in [3.8, 4) is 11.5 Å². The number of amides is 2. The van der Waals surface area contributed by atoms with E-state index in [1.807, 2.05) is 0 Å². The van der Waals surface area contributed by atoms with E-state index in [0.717, 1.165) is 0 Å². The second-order valence-electron chi connectivity index (χ2n) is 6.47. The average molecular weight is 489 g/mol. The molecule has 0 fully saturated rings. The zero-order valence-electron chi connectivity index (χ0n) is 16.1. The molecule has 0 radical (unpaired) electrons. The molecular weight excluding hydrogens is 476 g/mol. The van der Waals surface area contributed by atoms with Crippen molar-refractivity contribution in [1.82, 2.24) is 19.6 Å². The third-order valence-electron chi connectivity index (χ3n) is 4.28. The molecule has 5 rings (SSSR count). The quantitative estimate of drug-likeness (QED) is 0.321. The molecule has 1 aromatic carbocycles. The molecule has 0 bridgehead atoms. The zero-order valence-corrected chi connectivity index (χ0v) is 18.5. The van der Waals surface area contributed by atoms with E-state index in [9.17, 15) is 9.59 Å². The van der Waals surface area contributed by atoms with Crippen LogP contribution in [0, 0.1) is 0 Å². The summed E-state index contributed by atoms with van der Waals surface area (Å²) in [4.78, 5) is 29.0. The van der Waals surface area contributed by atoms with Crippen LogP contribution in [0.4, 0.5) is 15.6 Å². The van der Waals surface area contributed by atoms with Crippen molar-refractivity contribution >= 4 is 57.2 Å². The number of ether oxygens (including phenoxy) is 2. The van der Waals surface area contributed by atoms with Crippen LogP contribution in [0.2, 0.25) is 5.02 Å². The molecule has 3 aromatic heterocycles. The Labute approximate surface area is 193 Å². The van der Waals surface area contributed by atoms with Crippen LogP contribution in [0.3, 0.4) is 0 Å². The Bertz CT molecular complexity index is 1390. The fraction of sp³-hybridized carbons (Fsp3) is 0.105. The number of nitrogens with zero attached hydrogens (tertiary/aromatic N) is 4. The van der Waals surface area contributed by atoms with Crippen LogP contribution in [0.15, 0.2) is 51.7 Å². The number of anilines is 2. The van der Waals surface area contributed by atoms with Crippen molar-refractivity contribution in [2.24, 2.45) is 0 Å². The minimum absolute atomic E-state index is 0.161. The molecular formula is C19H13ClN6O4S2. The molecule has 2 amide bonds. The van der Waals surface area contributed by atoms with Crippen LogP contribution in [0.25, 0.3) is 5.65 Å². The van der Waals surface area contributed by atoms with Gasteiger partial charge in [0.25, 0.3) is 5.56 Å². The minimum atomic E-state index is -0.459. The monoisotopic (exact) mass is 488 g/mol. The maximum atomic E-state index is 12.3. The van der Waals surface area contributed by atoms with Crippen LogP contribution in [-0.2, 0) is 5.75 Å². The summed E-state index contributed by atoms with van der Waals surface area (Å²) in [5, 5.41) is 14.2. The van der Waals surface area contributed by atoms with Crippen LogP contribution in [0.5, 0.6) is 11.5 Å². The number of halogens is 1. The predicted molar refractivity (Wildman–Crippen MR) is 121 cm³/mol. The normalized spacial score (nSPS) is 12.2. The van der Waals surface area contributed by atoms with Gasteiger partial charge >= 0.3 is 6.03 Å². The third kappa shape index (κ3) is 4.47. The topological polar surface area (TPSA) is 120 Å². The molecule has 1 aliphatic heterocycles. The average Bonchev–Trinajstić information content (AvgIpc) is 3.41. The summed E-state index contributed by atoms with van der Waals surface area (Å²) in [6.45, 7) is 0.161. The van der Waals surface area contributed by atoms with Crippen molar-refractivity contribution in [2.75, 3.05) is 17.4 Å². The molecule has 0 saturated carbocycles. The van der Waals surface area contributed by atoms with Crippen LogP contribution < -0.4 is 25.7 Å². The SMILES string of the molecule is O=C(Nc1ccc2c(c1)OCO2)Nc1nnc(SCc2cc(=O)n3cc(Cl)ccc3n2)s1. The van der Waals surface area contributed by atoms with Crippen LogP contribution in [0.1, 0.15) is 5.69 Å². The summed E-state index contributed by atoms with van der Waals surface area (Å²) in [6, 6.07) is 9.47. The van der Waals surface area contributed by atoms with E-state index >= 15 is 0 Å². The van der Waals surface area contributed by atoms with E-state index in [2.05, 4.69) is 25.8 Å². The Hall–Kier alpha value is -3.35. The smallest absolute Gasteiger partial charge is 0.325 e. The number of hydrogen-bond acceptors (Lipinski definition) is 9. The second kappa shape index (κ2) is 8.65. The van der Waals surface area contributed by atoms with Gasteiger partial charge in [0, 0.05) is 29.8 Å². The third-order valence-corrected chi connectivity index (χ3v) is 6.51. The van der Waals surface area contributed by atoms with Gasteiger partial charge in [0.15, 0.2) is 15.8 Å². The summed E-state index contributed by atoms with van der Waals surface area (Å²) in [5.74, 6) is 1.63. The van der Waals surface area contributed by atoms with E-state index < -0.39 is 6.03 Å². The van der Waals surface area contributed by atoms with Gasteiger partial charge in [-0.05, 0) is 24.3 Å². The fourth-order valence-corrected chi connectivity index (χ4v) is 4.69. The largest absolute Gasteiger partial charge is 0.454 e. The Morgan fingerprint density at radius 2 is 2.03 bits per heavy atom. The maximum Gasteiger partial charge on any atom is 0.325 e. The molecule has 13 heteroatoms. The molecule has 0 unspecified atom stereocenters. The summed E-state index contributed by atoms with van der Waals surface area (Å²) >= 11 is 8.51. The summed E-state index contributed by atoms with van der Waals surface area (Å²) in [7, 11) is 0. The fourth-order valence-electron chi connectivity index (χ4n) is 2.89. The first-order valence-electron chi connectivity index (χ1n) is 9.15. The Kier molecular flexibility index (Phi) is 5.55. The van der Waals surface area contributed by atoms with E-state index in [-0.39, 0.29) is 12.4 Å². The van der Waals surface area contributed by atoms with Crippen molar-refractivity contribution < 1.29 is 14.3 Å². The molecule has 4 aromatic rings. The highest BCUT2D eigenvalue weighted by atomic mass is 35.5. The van der Waals surface area contributed by atoms with E-state index in [1.54, 1.807) is 30.3 Å². The Morgan fingerprint density at radius 1 is 1.16 bits per heavy atom. The molecule has 32 heavy (non-hydrogen) atoms. The van der Waals surface area contributed by atoms with E-state index in [0.29, 0.717) is 48.8 Å². The number of benzene rings is 1. The molecule has 0 aliphatic carbocycles. The van der Waals surface area contributed by atoms with Gasteiger partial charge in [-0.1, -0.05) is 34.7 Å². The molecule has 0 spiro atoms. The second-order valence-corrected chi connectivity index (χ2v) is 9.11. The number of urea groups is 1. The molecule has 4 heterocycles. The Morgan fingerprint density at radius 3 is 2.94 bits per heavy atom. The van der Waals surface area contributed by atoms with Crippen LogP contribution in [-0.4, -0.2) is 32.4 Å². The lowest BCUT2D eigenvalue weighted by Gasteiger charge is -2.05. The van der Waals surface area contributed by atoms with Gasteiger partial charge in [-0.2, -0.15) is 0 Å². The van der Waals surface area contributed by atoms with E-state index in [4.69, 9.17) is 21.1 Å². The number of rotatable bonds is 5. The number of thioether (sulfide) groups is 1. The number of nitrogens with one attached hydrogen (secondary N) is 2. The number of fused-ring (bicyclic) bond motifs is 2. The van der Waals surface area contributed by atoms with Gasteiger partial charge in [-0.15, -0.1) is 10.2 Å². The first-order chi connectivity index (χ1) is 15.5. The lowest BCUT2D eigenvalue weighted by molar-refractivity contribution is 0.174. The summed E-state index contributed by atoms with van der Waals surface area (Å²) in [6.07, 6.45) is 1.53. The highest BCUT2D eigenvalue weighted by Crippen LogP contribution is 2.34. The summed E-state index contributed by atoms with van der Waals surface area (Å²) < 4.78 is 12.6. The van der Waals surface area contributed by atoms with Crippen molar-refractivity contribution in [3.05, 3.63) is 63.7 Å². The highest BCUT2D eigenvalue weighted by molar-refractivity contribution is 8.00. The molecule has 162 valence electrons. The molecule has 1 aliphatic rings. The first-order valence-corrected chi connectivity index (χ1v) is 11.3. The van der Waals surface area contributed by atoms with Crippen molar-refractivity contribution in [2.45, 2.75) is 10.1 Å². The number of hydrogen-bond donors (Lipinski definition) is 2. The van der Waals surface area contributed by atoms with E-state index in [1.165, 1.54) is 39.8 Å². The number of aromatic nitrogens is 4. The minimum Gasteiger partial charge on any atom is -0.454 e. The van der Waals surface area contributed by atoms with Crippen molar-refractivity contribution in [3.63, 3.8) is 0 Å². The van der Waals surface area contributed by atoms with Gasteiger partial charge in [0.2, 0.25) is 11.9 Å². The highest BCUT2D eigenvalue weighted by Gasteiger charge is 2.15. The summed E-state index contributed by atoms with van der Waals surface area (Å²) in [5.41, 5.74) is 1.46. The lowest BCUT2D eigenvalue weighted by atomic mass is 10.3. The molecule has 0 atom stereocenters. The van der Waals surface area contributed by atoms with Crippen molar-refractivity contribution in [1.29, 1.82) is 0 Å². The predicted octanol–water partition coefficient (Wildman–Crippen LogP) is 3.86. The van der Waals surface area contributed by atoms with Gasteiger partial charge in [-0.3, -0.25) is 14.5 Å².